The number of fused-ring (bicyclic) bond motifs is 1. The molecule has 0 spiro atoms. The number of nitrogens with zero attached hydrogens (tertiary/aromatic N) is 7. The summed E-state index contributed by atoms with van der Waals surface area (Å²) < 4.78 is 1.61. The van der Waals surface area contributed by atoms with E-state index < -0.39 is 0 Å². The molecule has 1 amide bonds. The molecule has 3 aromatic heterocycles. The van der Waals surface area contributed by atoms with Gasteiger partial charge in [0.1, 0.15) is 0 Å². The van der Waals surface area contributed by atoms with E-state index >= 15 is 0 Å². The molecule has 0 aromatic carbocycles. The molecular weight excluding hydrogens is 350 g/mol. The van der Waals surface area contributed by atoms with E-state index in [9.17, 15) is 4.79 Å². The maximum atomic E-state index is 12.7. The van der Waals surface area contributed by atoms with Gasteiger partial charge in [0.05, 0.1) is 10.7 Å². The molecule has 4 rings (SSSR count). The smallest absolute Gasteiger partial charge is 0.293 e. The predicted octanol–water partition coefficient (Wildman–Crippen LogP) is 1.41. The molecule has 136 valence electrons. The highest BCUT2D eigenvalue weighted by Gasteiger charge is 2.25. The number of hydrogen-bond acceptors (Lipinski definition) is 7. The van der Waals surface area contributed by atoms with E-state index in [0.717, 1.165) is 37.4 Å². The standard InChI is InChI=1S/C17H21N7OS/c1-3-14-19-13(11-26-14)10-22-6-8-23(9-7-22)16(25)15-20-17-18-5-4-12(2)24(17)21-15/h4-5,11H,3,6-10H2,1-2H3. The minimum atomic E-state index is -0.128. The molecule has 0 radical (unpaired) electrons. The van der Waals surface area contributed by atoms with Gasteiger partial charge in [0.15, 0.2) is 0 Å². The Hall–Kier alpha value is -2.39. The van der Waals surface area contributed by atoms with Gasteiger partial charge in [-0.05, 0) is 19.4 Å². The van der Waals surface area contributed by atoms with Crippen LogP contribution >= 0.6 is 11.3 Å². The average molecular weight is 371 g/mol. The highest BCUT2D eigenvalue weighted by Crippen LogP contribution is 2.14. The van der Waals surface area contributed by atoms with Crippen LogP contribution in [0, 0.1) is 6.92 Å². The second kappa shape index (κ2) is 7.08. The van der Waals surface area contributed by atoms with Crippen LogP contribution in [0.25, 0.3) is 5.78 Å². The number of amides is 1. The van der Waals surface area contributed by atoms with Crippen LogP contribution in [-0.2, 0) is 13.0 Å². The Morgan fingerprint density at radius 3 is 2.73 bits per heavy atom. The zero-order chi connectivity index (χ0) is 18.1. The van der Waals surface area contributed by atoms with Gasteiger partial charge in [-0.15, -0.1) is 16.4 Å². The molecule has 0 saturated carbocycles. The first kappa shape index (κ1) is 17.0. The molecule has 0 aliphatic carbocycles. The molecule has 1 aliphatic heterocycles. The number of carbonyl (C=O) groups excluding carboxylic acids is 1. The number of aromatic nitrogens is 5. The molecule has 1 saturated heterocycles. The number of thiazole rings is 1. The van der Waals surface area contributed by atoms with E-state index in [2.05, 4.69) is 37.3 Å². The van der Waals surface area contributed by atoms with Crippen LogP contribution in [0.5, 0.6) is 0 Å². The van der Waals surface area contributed by atoms with E-state index in [-0.39, 0.29) is 11.7 Å². The summed E-state index contributed by atoms with van der Waals surface area (Å²) >= 11 is 1.72. The van der Waals surface area contributed by atoms with E-state index in [1.165, 1.54) is 5.01 Å². The van der Waals surface area contributed by atoms with Gasteiger partial charge in [0.25, 0.3) is 11.7 Å². The van der Waals surface area contributed by atoms with Gasteiger partial charge in [-0.1, -0.05) is 6.92 Å². The quantitative estimate of drug-likeness (QED) is 0.690. The topological polar surface area (TPSA) is 79.5 Å². The summed E-state index contributed by atoms with van der Waals surface area (Å²) in [4.78, 5) is 29.9. The Morgan fingerprint density at radius 1 is 1.23 bits per heavy atom. The Bertz CT molecular complexity index is 926. The first-order chi connectivity index (χ1) is 12.6. The number of piperazine rings is 1. The Kier molecular flexibility index (Phi) is 4.64. The normalized spacial score (nSPS) is 15.7. The van der Waals surface area contributed by atoms with Crippen molar-refractivity contribution >= 4 is 23.0 Å². The predicted molar refractivity (Wildman–Crippen MR) is 98.2 cm³/mol. The molecule has 0 N–H and O–H groups in total. The molecule has 1 aliphatic rings. The van der Waals surface area contributed by atoms with Crippen LogP contribution in [0.15, 0.2) is 17.6 Å². The van der Waals surface area contributed by atoms with Crippen molar-refractivity contribution in [3.05, 3.63) is 39.9 Å². The largest absolute Gasteiger partial charge is 0.333 e. The van der Waals surface area contributed by atoms with Crippen molar-refractivity contribution in [2.24, 2.45) is 0 Å². The van der Waals surface area contributed by atoms with Crippen LogP contribution in [-0.4, -0.2) is 66.5 Å². The molecule has 26 heavy (non-hydrogen) atoms. The van der Waals surface area contributed by atoms with Crippen molar-refractivity contribution in [3.8, 4) is 0 Å². The summed E-state index contributed by atoms with van der Waals surface area (Å²) in [7, 11) is 0. The molecule has 8 nitrogen and oxygen atoms in total. The fourth-order valence-corrected chi connectivity index (χ4v) is 3.80. The minimum Gasteiger partial charge on any atom is -0.333 e. The molecule has 3 aromatic rings. The zero-order valence-electron chi connectivity index (χ0n) is 14.9. The van der Waals surface area contributed by atoms with Crippen molar-refractivity contribution in [1.82, 2.24) is 34.4 Å². The lowest BCUT2D eigenvalue weighted by Crippen LogP contribution is -2.48. The van der Waals surface area contributed by atoms with E-state index in [0.29, 0.717) is 18.9 Å². The molecular formula is C17H21N7OS. The van der Waals surface area contributed by atoms with Gasteiger partial charge in [0, 0.05) is 50.0 Å². The van der Waals surface area contributed by atoms with Crippen molar-refractivity contribution in [2.75, 3.05) is 26.2 Å². The third-order valence-electron chi connectivity index (χ3n) is 4.57. The van der Waals surface area contributed by atoms with Crippen LogP contribution in [0.4, 0.5) is 0 Å². The van der Waals surface area contributed by atoms with Gasteiger partial charge in [-0.2, -0.15) is 4.98 Å². The number of hydrogen-bond donors (Lipinski definition) is 0. The maximum Gasteiger partial charge on any atom is 0.293 e. The lowest BCUT2D eigenvalue weighted by molar-refractivity contribution is 0.0615. The van der Waals surface area contributed by atoms with Crippen LogP contribution in [0.2, 0.25) is 0 Å². The third-order valence-corrected chi connectivity index (χ3v) is 5.61. The average Bonchev–Trinajstić information content (AvgIpc) is 3.29. The molecule has 0 bridgehead atoms. The summed E-state index contributed by atoms with van der Waals surface area (Å²) in [5.74, 6) is 0.547. The van der Waals surface area contributed by atoms with Crippen molar-refractivity contribution < 1.29 is 4.79 Å². The summed E-state index contributed by atoms with van der Waals surface area (Å²) in [5.41, 5.74) is 2.02. The maximum absolute atomic E-state index is 12.7. The Balaban J connectivity index is 1.39. The van der Waals surface area contributed by atoms with Crippen molar-refractivity contribution in [1.29, 1.82) is 0 Å². The fourth-order valence-electron chi connectivity index (χ4n) is 3.06. The van der Waals surface area contributed by atoms with Crippen LogP contribution in [0.3, 0.4) is 0 Å². The van der Waals surface area contributed by atoms with Gasteiger partial charge in [0.2, 0.25) is 5.82 Å². The Morgan fingerprint density at radius 2 is 2.04 bits per heavy atom. The van der Waals surface area contributed by atoms with Crippen molar-refractivity contribution in [2.45, 2.75) is 26.8 Å². The second-order valence-corrected chi connectivity index (χ2v) is 7.33. The highest BCUT2D eigenvalue weighted by atomic mass is 32.1. The minimum absolute atomic E-state index is 0.128. The van der Waals surface area contributed by atoms with Crippen molar-refractivity contribution in [3.63, 3.8) is 0 Å². The van der Waals surface area contributed by atoms with E-state index in [4.69, 9.17) is 0 Å². The summed E-state index contributed by atoms with van der Waals surface area (Å²) in [6.45, 7) is 7.88. The van der Waals surface area contributed by atoms with Crippen LogP contribution < -0.4 is 0 Å². The molecule has 1 fully saturated rings. The summed E-state index contributed by atoms with van der Waals surface area (Å²) in [5, 5.41) is 7.62. The van der Waals surface area contributed by atoms with Crippen LogP contribution in [0.1, 0.15) is 33.9 Å². The summed E-state index contributed by atoms with van der Waals surface area (Å²) in [6.07, 6.45) is 2.65. The monoisotopic (exact) mass is 371 g/mol. The number of rotatable bonds is 4. The second-order valence-electron chi connectivity index (χ2n) is 6.39. The van der Waals surface area contributed by atoms with E-state index in [1.807, 2.05) is 17.9 Å². The SMILES string of the molecule is CCc1nc(CN2CCN(C(=O)c3nc4nccc(C)n4n3)CC2)cs1. The first-order valence-electron chi connectivity index (χ1n) is 8.77. The third kappa shape index (κ3) is 3.32. The van der Waals surface area contributed by atoms with Gasteiger partial charge >= 0.3 is 0 Å². The summed E-state index contributed by atoms with van der Waals surface area (Å²) in [6, 6.07) is 1.84. The molecule has 0 atom stereocenters. The van der Waals surface area contributed by atoms with Gasteiger partial charge < -0.3 is 4.90 Å². The molecule has 9 heteroatoms. The van der Waals surface area contributed by atoms with E-state index in [1.54, 1.807) is 22.0 Å². The lowest BCUT2D eigenvalue weighted by Gasteiger charge is -2.33. The van der Waals surface area contributed by atoms with Gasteiger partial charge in [-0.3, -0.25) is 9.69 Å². The van der Waals surface area contributed by atoms with Gasteiger partial charge in [-0.25, -0.2) is 14.5 Å². The highest BCUT2D eigenvalue weighted by molar-refractivity contribution is 7.09. The lowest BCUT2D eigenvalue weighted by atomic mass is 10.3. The zero-order valence-corrected chi connectivity index (χ0v) is 15.7. The number of carbonyl (C=O) groups is 1. The molecule has 4 heterocycles. The molecule has 0 unspecified atom stereocenters. The first-order valence-corrected chi connectivity index (χ1v) is 9.65. The fraction of sp³-hybridized carbons (Fsp3) is 0.471. The number of aryl methyl sites for hydroxylation is 2. The Labute approximate surface area is 155 Å².